The Morgan fingerprint density at radius 1 is 1.02 bits per heavy atom. The lowest BCUT2D eigenvalue weighted by Crippen LogP contribution is -2.53. The number of carbonyl (C=O) groups is 2. The van der Waals surface area contributed by atoms with Crippen molar-refractivity contribution in [2.24, 2.45) is 0 Å². The van der Waals surface area contributed by atoms with Gasteiger partial charge in [0.2, 0.25) is 11.8 Å². The molecule has 1 aliphatic carbocycles. The van der Waals surface area contributed by atoms with E-state index in [0.717, 1.165) is 35.6 Å². The molecule has 3 aromatic rings. The highest BCUT2D eigenvalue weighted by Crippen LogP contribution is 2.27. The summed E-state index contributed by atoms with van der Waals surface area (Å²) in [6, 6.07) is 18.1. The number of carbonyl (C=O) groups excluding carboxylic acids is 2. The predicted molar refractivity (Wildman–Crippen MR) is 161 cm³/mol. The van der Waals surface area contributed by atoms with Crippen LogP contribution in [0.5, 0.6) is 0 Å². The Labute approximate surface area is 249 Å². The number of rotatable bonds is 11. The highest BCUT2D eigenvalue weighted by molar-refractivity contribution is 9.10. The first-order chi connectivity index (χ1) is 19.6. The van der Waals surface area contributed by atoms with Gasteiger partial charge in [-0.2, -0.15) is 0 Å². The van der Waals surface area contributed by atoms with Gasteiger partial charge in [0.25, 0.3) is 10.0 Å². The SMILES string of the molecule is CC[C@@H](C(=O)NC1CCCC1)N(Cc1ccc(F)cc1)C(=O)CN(c1cccc(Br)c1)S(=O)(=O)c1ccc(C)cc1. The summed E-state index contributed by atoms with van der Waals surface area (Å²) in [5, 5.41) is 3.08. The average Bonchev–Trinajstić information content (AvgIpc) is 3.45. The molecule has 0 saturated heterocycles. The summed E-state index contributed by atoms with van der Waals surface area (Å²) in [5.41, 5.74) is 1.83. The average molecular weight is 645 g/mol. The van der Waals surface area contributed by atoms with Crippen LogP contribution in [-0.4, -0.2) is 43.8 Å². The monoisotopic (exact) mass is 643 g/mol. The third-order valence-electron chi connectivity index (χ3n) is 7.34. The van der Waals surface area contributed by atoms with E-state index < -0.39 is 34.3 Å². The Morgan fingerprint density at radius 2 is 1.68 bits per heavy atom. The summed E-state index contributed by atoms with van der Waals surface area (Å²) < 4.78 is 43.2. The van der Waals surface area contributed by atoms with Gasteiger partial charge >= 0.3 is 0 Å². The van der Waals surface area contributed by atoms with Gasteiger partial charge in [-0.1, -0.05) is 71.6 Å². The number of hydrogen-bond acceptors (Lipinski definition) is 4. The molecule has 0 aliphatic heterocycles. The second-order valence-corrected chi connectivity index (χ2v) is 13.1. The van der Waals surface area contributed by atoms with Crippen molar-refractivity contribution in [3.05, 3.63) is 94.2 Å². The Hall–Kier alpha value is -3.24. The van der Waals surface area contributed by atoms with Gasteiger partial charge in [-0.3, -0.25) is 13.9 Å². The van der Waals surface area contributed by atoms with Crippen LogP contribution < -0.4 is 9.62 Å². The molecular weight excluding hydrogens is 609 g/mol. The maximum atomic E-state index is 14.1. The van der Waals surface area contributed by atoms with E-state index in [1.54, 1.807) is 48.5 Å². The zero-order chi connectivity index (χ0) is 29.6. The minimum Gasteiger partial charge on any atom is -0.352 e. The molecule has 0 aromatic heterocycles. The molecule has 41 heavy (non-hydrogen) atoms. The van der Waals surface area contributed by atoms with Crippen LogP contribution in [0.4, 0.5) is 10.1 Å². The number of amides is 2. The summed E-state index contributed by atoms with van der Waals surface area (Å²) in [4.78, 5) is 29.0. The van der Waals surface area contributed by atoms with E-state index in [9.17, 15) is 22.4 Å². The summed E-state index contributed by atoms with van der Waals surface area (Å²) in [7, 11) is -4.15. The topological polar surface area (TPSA) is 86.8 Å². The largest absolute Gasteiger partial charge is 0.352 e. The fourth-order valence-corrected chi connectivity index (χ4v) is 6.86. The standard InChI is InChI=1S/C31H35BrFN3O4S/c1-3-29(31(38)34-26-8-4-5-9-26)35(20-23-13-15-25(33)16-14-23)30(37)21-36(27-10-6-7-24(32)19-27)41(39,40)28-17-11-22(2)12-18-28/h6-7,10-19,26,29H,3-5,8-9,20-21H2,1-2H3,(H,34,38)/t29-/m0/s1. The quantitative estimate of drug-likeness (QED) is 0.279. The van der Waals surface area contributed by atoms with Gasteiger partial charge in [-0.05, 0) is 74.2 Å². The maximum Gasteiger partial charge on any atom is 0.264 e. The summed E-state index contributed by atoms with van der Waals surface area (Å²) >= 11 is 3.40. The number of hydrogen-bond donors (Lipinski definition) is 1. The molecule has 0 bridgehead atoms. The molecule has 4 rings (SSSR count). The van der Waals surface area contributed by atoms with E-state index in [4.69, 9.17) is 0 Å². The van der Waals surface area contributed by atoms with E-state index in [1.807, 2.05) is 13.8 Å². The van der Waals surface area contributed by atoms with Crippen molar-refractivity contribution in [2.75, 3.05) is 10.8 Å². The first-order valence-corrected chi connectivity index (χ1v) is 16.0. The van der Waals surface area contributed by atoms with E-state index in [1.165, 1.54) is 29.2 Å². The normalized spacial score (nSPS) is 14.4. The van der Waals surface area contributed by atoms with Crippen LogP contribution in [0, 0.1) is 12.7 Å². The number of nitrogens with one attached hydrogen (secondary N) is 1. The molecule has 1 aliphatic rings. The molecule has 0 radical (unpaired) electrons. The van der Waals surface area contributed by atoms with Crippen molar-refractivity contribution in [3.63, 3.8) is 0 Å². The molecule has 7 nitrogen and oxygen atoms in total. The second-order valence-electron chi connectivity index (χ2n) is 10.4. The first-order valence-electron chi connectivity index (χ1n) is 13.8. The van der Waals surface area contributed by atoms with Crippen LogP contribution in [0.1, 0.15) is 50.2 Å². The molecule has 0 heterocycles. The van der Waals surface area contributed by atoms with Gasteiger partial charge in [-0.15, -0.1) is 0 Å². The van der Waals surface area contributed by atoms with Crippen molar-refractivity contribution in [3.8, 4) is 0 Å². The van der Waals surface area contributed by atoms with E-state index in [0.29, 0.717) is 22.1 Å². The fourth-order valence-electron chi connectivity index (χ4n) is 5.07. The molecule has 1 fully saturated rings. The number of aryl methyl sites for hydroxylation is 1. The number of sulfonamides is 1. The number of halogens is 2. The number of benzene rings is 3. The Morgan fingerprint density at radius 3 is 2.29 bits per heavy atom. The van der Waals surface area contributed by atoms with Crippen molar-refractivity contribution in [1.29, 1.82) is 0 Å². The minimum atomic E-state index is -4.15. The highest BCUT2D eigenvalue weighted by atomic mass is 79.9. The smallest absolute Gasteiger partial charge is 0.264 e. The lowest BCUT2D eigenvalue weighted by atomic mass is 10.1. The van der Waals surface area contributed by atoms with Gasteiger partial charge in [0.15, 0.2) is 0 Å². The van der Waals surface area contributed by atoms with Crippen molar-refractivity contribution in [1.82, 2.24) is 10.2 Å². The maximum absolute atomic E-state index is 14.1. The molecule has 0 spiro atoms. The van der Waals surface area contributed by atoms with E-state index >= 15 is 0 Å². The van der Waals surface area contributed by atoms with Gasteiger partial charge in [0, 0.05) is 17.1 Å². The van der Waals surface area contributed by atoms with E-state index in [2.05, 4.69) is 21.2 Å². The Kier molecular flexibility index (Phi) is 10.2. The van der Waals surface area contributed by atoms with Gasteiger partial charge in [-0.25, -0.2) is 12.8 Å². The Balaban J connectivity index is 1.71. The molecule has 1 atom stereocenters. The van der Waals surface area contributed by atoms with Crippen LogP contribution >= 0.6 is 15.9 Å². The lowest BCUT2D eigenvalue weighted by Gasteiger charge is -2.33. The zero-order valence-corrected chi connectivity index (χ0v) is 25.6. The third kappa shape index (κ3) is 7.74. The molecule has 218 valence electrons. The predicted octanol–water partition coefficient (Wildman–Crippen LogP) is 5.96. The molecule has 1 saturated carbocycles. The summed E-state index contributed by atoms with van der Waals surface area (Å²) in [5.74, 6) is -1.23. The van der Waals surface area contributed by atoms with Gasteiger partial charge in [0.1, 0.15) is 18.4 Å². The molecule has 3 aromatic carbocycles. The number of nitrogens with zero attached hydrogens (tertiary/aromatic N) is 2. The van der Waals surface area contributed by atoms with Gasteiger partial charge < -0.3 is 10.2 Å². The van der Waals surface area contributed by atoms with Crippen LogP contribution in [0.2, 0.25) is 0 Å². The Bertz CT molecular complexity index is 1460. The fraction of sp³-hybridized carbons (Fsp3) is 0.355. The third-order valence-corrected chi connectivity index (χ3v) is 9.62. The van der Waals surface area contributed by atoms with Gasteiger partial charge in [0.05, 0.1) is 10.6 Å². The number of anilines is 1. The molecular formula is C31H35BrFN3O4S. The molecule has 0 unspecified atom stereocenters. The molecule has 10 heteroatoms. The van der Waals surface area contributed by atoms with Crippen LogP contribution in [0.25, 0.3) is 0 Å². The summed E-state index contributed by atoms with van der Waals surface area (Å²) in [6.07, 6.45) is 4.18. The van der Waals surface area contributed by atoms with Crippen molar-refractivity contribution < 1.29 is 22.4 Å². The van der Waals surface area contributed by atoms with E-state index in [-0.39, 0.29) is 23.4 Å². The minimum absolute atomic E-state index is 0.0204. The lowest BCUT2D eigenvalue weighted by molar-refractivity contribution is -0.140. The van der Waals surface area contributed by atoms with Crippen LogP contribution in [0.15, 0.2) is 82.2 Å². The zero-order valence-electron chi connectivity index (χ0n) is 23.2. The first kappa shape index (κ1) is 30.7. The van der Waals surface area contributed by atoms with Crippen molar-refractivity contribution in [2.45, 2.75) is 69.5 Å². The second kappa shape index (κ2) is 13.6. The summed E-state index contributed by atoms with van der Waals surface area (Å²) in [6.45, 7) is 3.17. The van der Waals surface area contributed by atoms with Crippen LogP contribution in [0.3, 0.4) is 0 Å². The molecule has 2 amide bonds. The van der Waals surface area contributed by atoms with Crippen LogP contribution in [-0.2, 0) is 26.2 Å². The molecule has 1 N–H and O–H groups in total. The van der Waals surface area contributed by atoms with Crippen molar-refractivity contribution >= 4 is 43.5 Å². The highest BCUT2D eigenvalue weighted by Gasteiger charge is 2.34.